The molecule has 0 bridgehead atoms. The van der Waals surface area contributed by atoms with Gasteiger partial charge in [-0.25, -0.2) is 0 Å². The third-order valence-electron chi connectivity index (χ3n) is 8.04. The first kappa shape index (κ1) is 24.1. The van der Waals surface area contributed by atoms with Crippen LogP contribution in [-0.4, -0.2) is 62.8 Å². The molecule has 4 unspecified atom stereocenters. The highest BCUT2D eigenvalue weighted by atomic mass is 16.3. The van der Waals surface area contributed by atoms with Crippen LogP contribution in [0.5, 0.6) is 5.75 Å². The van der Waals surface area contributed by atoms with Gasteiger partial charge in [0.05, 0.1) is 17.2 Å². The first-order valence-electron chi connectivity index (χ1n) is 12.0. The number of likely N-dealkylation sites (N-methyl/N-ethyl adjacent to an activating group) is 1. The zero-order chi connectivity index (χ0) is 26.1. The minimum Gasteiger partial charge on any atom is -0.510 e. The van der Waals surface area contributed by atoms with Gasteiger partial charge in [0.1, 0.15) is 22.9 Å². The Morgan fingerprint density at radius 1 is 1.14 bits per heavy atom. The van der Waals surface area contributed by atoms with E-state index < -0.39 is 47.3 Å². The second-order valence-electron chi connectivity index (χ2n) is 10.4. The van der Waals surface area contributed by atoms with Crippen molar-refractivity contribution in [1.29, 1.82) is 0 Å². The number of allylic oxidation sites excluding steroid dienone is 1. The summed E-state index contributed by atoms with van der Waals surface area (Å²) in [6.45, 7) is 1.98. The summed E-state index contributed by atoms with van der Waals surface area (Å²) < 4.78 is 0. The molecule has 0 spiro atoms. The fourth-order valence-electron chi connectivity index (χ4n) is 6.42. The third-order valence-corrected chi connectivity index (χ3v) is 8.04. The lowest BCUT2D eigenvalue weighted by molar-refractivity contribution is -0.118. The molecule has 0 heterocycles. The summed E-state index contributed by atoms with van der Waals surface area (Å²) in [6.07, 6.45) is 0.238. The van der Waals surface area contributed by atoms with Crippen LogP contribution in [0.1, 0.15) is 34.3 Å². The van der Waals surface area contributed by atoms with Crippen molar-refractivity contribution in [3.05, 3.63) is 75.8 Å². The number of phenols is 1. The van der Waals surface area contributed by atoms with Crippen LogP contribution in [0.4, 0.5) is 0 Å². The molecule has 0 saturated heterocycles. The Labute approximate surface area is 209 Å². The maximum Gasteiger partial charge on any atom is 0.248 e. The Morgan fingerprint density at radius 2 is 1.86 bits per heavy atom. The van der Waals surface area contributed by atoms with E-state index in [1.807, 2.05) is 31.2 Å². The Morgan fingerprint density at radius 3 is 2.50 bits per heavy atom. The number of rotatable bonds is 3. The predicted molar refractivity (Wildman–Crippen MR) is 133 cm³/mol. The van der Waals surface area contributed by atoms with E-state index in [1.54, 1.807) is 25.1 Å². The molecule has 5 rings (SSSR count). The van der Waals surface area contributed by atoms with E-state index in [-0.39, 0.29) is 34.6 Å². The van der Waals surface area contributed by atoms with Crippen LogP contribution < -0.4 is 5.73 Å². The van der Waals surface area contributed by atoms with E-state index in [2.05, 4.69) is 0 Å². The molecule has 36 heavy (non-hydrogen) atoms. The highest BCUT2D eigenvalue weighted by molar-refractivity contribution is 6.14. The molecular formula is C28H30N2O6. The van der Waals surface area contributed by atoms with Gasteiger partial charge in [-0.05, 0) is 62.5 Å². The number of nitrogens with zero attached hydrogens (tertiary/aromatic N) is 1. The Bertz CT molecular complexity index is 1370. The Kier molecular flexibility index (Phi) is 5.50. The predicted octanol–water partition coefficient (Wildman–Crippen LogP) is 2.92. The largest absolute Gasteiger partial charge is 0.510 e. The fourth-order valence-corrected chi connectivity index (χ4v) is 6.42. The van der Waals surface area contributed by atoms with Gasteiger partial charge in [-0.1, -0.05) is 35.9 Å². The van der Waals surface area contributed by atoms with Crippen molar-refractivity contribution in [2.45, 2.75) is 37.8 Å². The molecule has 8 nitrogen and oxygen atoms in total. The van der Waals surface area contributed by atoms with Gasteiger partial charge in [0.15, 0.2) is 5.78 Å². The maximum atomic E-state index is 13.8. The maximum absolute atomic E-state index is 13.8. The van der Waals surface area contributed by atoms with E-state index >= 15 is 0 Å². The molecule has 1 amide bonds. The molecule has 0 radical (unpaired) electrons. The summed E-state index contributed by atoms with van der Waals surface area (Å²) in [7, 11) is 3.41. The molecule has 4 atom stereocenters. The lowest BCUT2D eigenvalue weighted by atomic mass is 9.59. The minimum atomic E-state index is -1.96. The van der Waals surface area contributed by atoms with Crippen molar-refractivity contribution < 1.29 is 30.0 Å². The number of hydrogen-bond donors (Lipinski definition) is 5. The number of amides is 1. The lowest BCUT2D eigenvalue weighted by Crippen LogP contribution is -2.59. The number of Topliss-reactive ketones (excluding diaryl/α,β-unsaturated/α-hetero) is 1. The number of ketones is 1. The molecule has 2 aromatic rings. The summed E-state index contributed by atoms with van der Waals surface area (Å²) in [5, 5.41) is 44.7. The van der Waals surface area contributed by atoms with Crippen LogP contribution in [0, 0.1) is 18.8 Å². The third kappa shape index (κ3) is 3.36. The number of nitrogens with two attached hydrogens (primary N) is 1. The standard InChI is InChI=1S/C28H30N2O6/c1-13-5-4-6-14(9-13)16-7-8-20(31)22-17(16)10-15-11-19-23(30(2)3)24(32)18(27(29)35)12-28(19,36)26(34)21(15)25(22)33/h4-9,15,19,23,31-32,34,36H,10-12H2,1-3H3,(H2,29,35). The number of aliphatic hydroxyl groups excluding tert-OH is 2. The van der Waals surface area contributed by atoms with E-state index in [1.165, 1.54) is 6.07 Å². The topological polar surface area (TPSA) is 144 Å². The van der Waals surface area contributed by atoms with Gasteiger partial charge in [-0.15, -0.1) is 0 Å². The smallest absolute Gasteiger partial charge is 0.248 e. The molecule has 8 heteroatoms. The van der Waals surface area contributed by atoms with Crippen LogP contribution in [0.25, 0.3) is 11.1 Å². The summed E-state index contributed by atoms with van der Waals surface area (Å²) in [4.78, 5) is 27.6. The summed E-state index contributed by atoms with van der Waals surface area (Å²) >= 11 is 0. The number of aromatic hydroxyl groups is 1. The van der Waals surface area contributed by atoms with E-state index in [0.29, 0.717) is 12.0 Å². The fraction of sp³-hybridized carbons (Fsp3) is 0.357. The molecule has 0 fully saturated rings. The number of aliphatic hydroxyl groups is 3. The second kappa shape index (κ2) is 8.21. The summed E-state index contributed by atoms with van der Waals surface area (Å²) in [5.74, 6) is -3.52. The van der Waals surface area contributed by atoms with Crippen molar-refractivity contribution >= 4 is 11.7 Å². The number of carbonyl (C=O) groups excluding carboxylic acids is 2. The Balaban J connectivity index is 1.69. The first-order valence-corrected chi connectivity index (χ1v) is 12.0. The van der Waals surface area contributed by atoms with Gasteiger partial charge < -0.3 is 26.2 Å². The summed E-state index contributed by atoms with van der Waals surface area (Å²) in [5.41, 5.74) is 6.99. The quantitative estimate of drug-likeness (QED) is 0.445. The van der Waals surface area contributed by atoms with Crippen LogP contribution in [0.2, 0.25) is 0 Å². The molecule has 0 aliphatic heterocycles. The number of phenolic OH excluding ortho intramolecular Hbond substituents is 1. The first-order chi connectivity index (χ1) is 17.0. The molecular weight excluding hydrogens is 460 g/mol. The van der Waals surface area contributed by atoms with Gasteiger partial charge in [0.2, 0.25) is 5.91 Å². The average Bonchev–Trinajstić information content (AvgIpc) is 2.80. The van der Waals surface area contributed by atoms with Crippen molar-refractivity contribution in [2.75, 3.05) is 14.1 Å². The SMILES string of the molecule is Cc1cccc(-c2ccc(O)c3c2CC2CC4C(N(C)C)C(O)=C(C(N)=O)CC4(O)C(O)=C2C3=O)c1. The Hall–Kier alpha value is -3.62. The molecule has 6 N–H and O–H groups in total. The number of benzene rings is 2. The average molecular weight is 491 g/mol. The highest BCUT2D eigenvalue weighted by Gasteiger charge is 2.58. The molecule has 188 valence electrons. The van der Waals surface area contributed by atoms with Crippen molar-refractivity contribution in [3.8, 4) is 16.9 Å². The number of primary amides is 1. The number of aryl methyl sites for hydroxylation is 1. The zero-order valence-corrected chi connectivity index (χ0v) is 20.4. The second-order valence-corrected chi connectivity index (χ2v) is 10.4. The highest BCUT2D eigenvalue weighted by Crippen LogP contribution is 2.54. The molecule has 2 aromatic carbocycles. The van der Waals surface area contributed by atoms with Crippen molar-refractivity contribution in [2.24, 2.45) is 17.6 Å². The number of fused-ring (bicyclic) bond motifs is 3. The normalized spacial score (nSPS) is 27.6. The van der Waals surface area contributed by atoms with Gasteiger partial charge in [-0.3, -0.25) is 14.5 Å². The van der Waals surface area contributed by atoms with Gasteiger partial charge in [0.25, 0.3) is 0 Å². The number of carbonyl (C=O) groups is 2. The van der Waals surface area contributed by atoms with Gasteiger partial charge >= 0.3 is 0 Å². The number of hydrogen-bond acceptors (Lipinski definition) is 7. The van der Waals surface area contributed by atoms with E-state index in [9.17, 15) is 30.0 Å². The van der Waals surface area contributed by atoms with Crippen LogP contribution in [-0.2, 0) is 11.2 Å². The zero-order valence-electron chi connectivity index (χ0n) is 20.4. The lowest BCUT2D eigenvalue weighted by Gasteiger charge is -2.51. The van der Waals surface area contributed by atoms with Gasteiger partial charge in [0, 0.05) is 17.9 Å². The minimum absolute atomic E-state index is 0.0423. The van der Waals surface area contributed by atoms with Crippen molar-refractivity contribution in [3.63, 3.8) is 0 Å². The summed E-state index contributed by atoms with van der Waals surface area (Å²) in [6, 6.07) is 10.4. The van der Waals surface area contributed by atoms with Crippen LogP contribution >= 0.6 is 0 Å². The molecule has 3 aliphatic carbocycles. The molecule has 3 aliphatic rings. The van der Waals surface area contributed by atoms with Gasteiger partial charge in [-0.2, -0.15) is 0 Å². The van der Waals surface area contributed by atoms with Crippen molar-refractivity contribution in [1.82, 2.24) is 4.90 Å². The molecule has 0 aromatic heterocycles. The molecule has 0 saturated carbocycles. The van der Waals surface area contributed by atoms with Crippen LogP contribution in [0.3, 0.4) is 0 Å². The van der Waals surface area contributed by atoms with Crippen LogP contribution in [0.15, 0.2) is 59.1 Å². The van der Waals surface area contributed by atoms with E-state index in [4.69, 9.17) is 5.73 Å². The van der Waals surface area contributed by atoms with E-state index in [0.717, 1.165) is 16.7 Å². The monoisotopic (exact) mass is 490 g/mol.